The van der Waals surface area contributed by atoms with Crippen LogP contribution in [-0.4, -0.2) is 37.9 Å². The lowest BCUT2D eigenvalue weighted by molar-refractivity contribution is 0.0513. The summed E-state index contributed by atoms with van der Waals surface area (Å²) in [6, 6.07) is 8.84. The number of rotatable bonds is 8. The van der Waals surface area contributed by atoms with Crippen molar-refractivity contribution in [1.82, 2.24) is 15.8 Å². The molecule has 1 fully saturated rings. The summed E-state index contributed by atoms with van der Waals surface area (Å²) in [5, 5.41) is 11.0. The van der Waals surface area contributed by atoms with Crippen molar-refractivity contribution in [2.24, 2.45) is 4.99 Å². The highest BCUT2D eigenvalue weighted by Crippen LogP contribution is 2.34. The molecule has 1 aromatic carbocycles. The van der Waals surface area contributed by atoms with E-state index in [1.165, 1.54) is 12.1 Å². The summed E-state index contributed by atoms with van der Waals surface area (Å²) >= 11 is 0. The fourth-order valence-corrected chi connectivity index (χ4v) is 4.09. The van der Waals surface area contributed by atoms with Crippen LogP contribution in [-0.2, 0) is 16.7 Å². The Kier molecular flexibility index (Phi) is 10.2. The molecule has 0 atom stereocenters. The topological polar surface area (TPSA) is 71.7 Å². The molecule has 31 heavy (non-hydrogen) atoms. The van der Waals surface area contributed by atoms with Crippen LogP contribution in [0.4, 0.5) is 4.39 Å². The highest BCUT2D eigenvalue weighted by molar-refractivity contribution is 14.0. The standard InChI is InChI=1S/C23H33FN4O2.HI/c1-4-17(5-2)21-14-20(30-28-21)15-26-22(25-3)27-16-23(10-12-29-13-11-23)18-6-8-19(24)9-7-18;/h6-9,14,17H,4-5,10-13,15-16H2,1-3H3,(H2,25,26,27);1H. The molecule has 2 heterocycles. The second-order valence-electron chi connectivity index (χ2n) is 7.91. The van der Waals surface area contributed by atoms with Crippen molar-refractivity contribution in [1.29, 1.82) is 0 Å². The van der Waals surface area contributed by atoms with Gasteiger partial charge < -0.3 is 19.9 Å². The Morgan fingerprint density at radius 3 is 2.45 bits per heavy atom. The van der Waals surface area contributed by atoms with Gasteiger partial charge in [-0.25, -0.2) is 4.39 Å². The molecule has 0 spiro atoms. The molecular weight excluding hydrogens is 510 g/mol. The lowest BCUT2D eigenvalue weighted by atomic mass is 9.74. The summed E-state index contributed by atoms with van der Waals surface area (Å²) in [5.41, 5.74) is 2.02. The molecule has 0 saturated carbocycles. The zero-order valence-corrected chi connectivity index (χ0v) is 20.9. The normalized spacial score (nSPS) is 16.1. The first-order valence-electron chi connectivity index (χ1n) is 10.8. The molecule has 1 aliphatic rings. The third-order valence-electron chi connectivity index (χ3n) is 6.14. The van der Waals surface area contributed by atoms with Crippen molar-refractivity contribution >= 4 is 29.9 Å². The molecule has 0 radical (unpaired) electrons. The average Bonchev–Trinajstić information content (AvgIpc) is 3.24. The predicted molar refractivity (Wildman–Crippen MR) is 132 cm³/mol. The Labute approximate surface area is 201 Å². The molecule has 1 aliphatic heterocycles. The van der Waals surface area contributed by atoms with Crippen LogP contribution in [0.3, 0.4) is 0 Å². The maximum absolute atomic E-state index is 13.4. The fraction of sp³-hybridized carbons (Fsp3) is 0.565. The van der Waals surface area contributed by atoms with E-state index >= 15 is 0 Å². The lowest BCUT2D eigenvalue weighted by Gasteiger charge is -2.38. The van der Waals surface area contributed by atoms with E-state index in [-0.39, 0.29) is 35.2 Å². The van der Waals surface area contributed by atoms with E-state index in [1.54, 1.807) is 7.05 Å². The van der Waals surface area contributed by atoms with Gasteiger partial charge in [-0.15, -0.1) is 24.0 Å². The van der Waals surface area contributed by atoms with Gasteiger partial charge in [-0.1, -0.05) is 31.1 Å². The molecular formula is C23H34FIN4O2. The van der Waals surface area contributed by atoms with Gasteiger partial charge in [-0.05, 0) is 43.4 Å². The van der Waals surface area contributed by atoms with Gasteiger partial charge in [0.15, 0.2) is 11.7 Å². The maximum atomic E-state index is 13.4. The Morgan fingerprint density at radius 2 is 1.84 bits per heavy atom. The Balaban J connectivity index is 0.00000341. The molecule has 8 heteroatoms. The van der Waals surface area contributed by atoms with E-state index in [1.807, 2.05) is 18.2 Å². The van der Waals surface area contributed by atoms with Crippen LogP contribution in [0.1, 0.15) is 62.5 Å². The number of nitrogens with one attached hydrogen (secondary N) is 2. The maximum Gasteiger partial charge on any atom is 0.191 e. The van der Waals surface area contributed by atoms with Crippen molar-refractivity contribution in [2.75, 3.05) is 26.8 Å². The largest absolute Gasteiger partial charge is 0.381 e. The van der Waals surface area contributed by atoms with Gasteiger partial charge in [-0.3, -0.25) is 4.99 Å². The SMILES string of the molecule is CCC(CC)c1cc(CNC(=NC)NCC2(c3ccc(F)cc3)CCOCC2)on1.I. The monoisotopic (exact) mass is 544 g/mol. The molecule has 0 bridgehead atoms. The van der Waals surface area contributed by atoms with Gasteiger partial charge >= 0.3 is 0 Å². The smallest absolute Gasteiger partial charge is 0.191 e. The van der Waals surface area contributed by atoms with E-state index < -0.39 is 0 Å². The fourth-order valence-electron chi connectivity index (χ4n) is 4.09. The summed E-state index contributed by atoms with van der Waals surface area (Å²) in [5.74, 6) is 1.71. The van der Waals surface area contributed by atoms with Crippen LogP contribution in [0, 0.1) is 5.82 Å². The summed E-state index contributed by atoms with van der Waals surface area (Å²) in [4.78, 5) is 4.34. The summed E-state index contributed by atoms with van der Waals surface area (Å²) in [7, 11) is 1.75. The minimum atomic E-state index is -0.216. The number of aliphatic imine (C=N–C) groups is 1. The van der Waals surface area contributed by atoms with E-state index in [9.17, 15) is 4.39 Å². The van der Waals surface area contributed by atoms with E-state index in [0.717, 1.165) is 42.7 Å². The molecule has 6 nitrogen and oxygen atoms in total. The third kappa shape index (κ3) is 6.65. The van der Waals surface area contributed by atoms with Crippen LogP contribution < -0.4 is 10.6 Å². The zero-order chi connectivity index (χ0) is 21.4. The van der Waals surface area contributed by atoms with E-state index in [2.05, 4.69) is 34.6 Å². The quantitative estimate of drug-likeness (QED) is 0.285. The summed E-state index contributed by atoms with van der Waals surface area (Å²) in [6.45, 7) is 6.93. The molecule has 2 aromatic rings. The average molecular weight is 544 g/mol. The molecule has 2 N–H and O–H groups in total. The molecule has 1 saturated heterocycles. The third-order valence-corrected chi connectivity index (χ3v) is 6.14. The number of hydrogen-bond acceptors (Lipinski definition) is 4. The van der Waals surface area contributed by atoms with Crippen LogP contribution in [0.2, 0.25) is 0 Å². The minimum Gasteiger partial charge on any atom is -0.381 e. The number of guanidine groups is 1. The number of aromatic nitrogens is 1. The minimum absolute atomic E-state index is 0. The summed E-state index contributed by atoms with van der Waals surface area (Å²) in [6.07, 6.45) is 3.86. The van der Waals surface area contributed by atoms with Crippen molar-refractivity contribution in [3.05, 3.63) is 53.2 Å². The number of hydrogen-bond donors (Lipinski definition) is 2. The first-order chi connectivity index (χ1) is 14.6. The zero-order valence-electron chi connectivity index (χ0n) is 18.6. The molecule has 172 valence electrons. The summed E-state index contributed by atoms with van der Waals surface area (Å²) < 4.78 is 24.5. The van der Waals surface area contributed by atoms with Crippen LogP contribution in [0.5, 0.6) is 0 Å². The number of ether oxygens (including phenoxy) is 1. The first-order valence-corrected chi connectivity index (χ1v) is 10.8. The number of halogens is 2. The number of benzene rings is 1. The van der Waals surface area contributed by atoms with Crippen molar-refractivity contribution in [2.45, 2.75) is 57.4 Å². The van der Waals surface area contributed by atoms with Gasteiger partial charge in [0.2, 0.25) is 0 Å². The Bertz CT molecular complexity index is 815. The highest BCUT2D eigenvalue weighted by atomic mass is 127. The molecule has 1 aromatic heterocycles. The Morgan fingerprint density at radius 1 is 1.16 bits per heavy atom. The van der Waals surface area contributed by atoms with E-state index in [0.29, 0.717) is 38.2 Å². The van der Waals surface area contributed by atoms with Crippen molar-refractivity contribution < 1.29 is 13.7 Å². The van der Waals surface area contributed by atoms with Gasteiger partial charge in [0.25, 0.3) is 0 Å². The second-order valence-corrected chi connectivity index (χ2v) is 7.91. The second kappa shape index (κ2) is 12.4. The lowest BCUT2D eigenvalue weighted by Crippen LogP contribution is -2.47. The van der Waals surface area contributed by atoms with Gasteiger partial charge in [0.05, 0.1) is 12.2 Å². The van der Waals surface area contributed by atoms with E-state index in [4.69, 9.17) is 9.26 Å². The Hall–Kier alpha value is -1.68. The van der Waals surface area contributed by atoms with Gasteiger partial charge in [0, 0.05) is 44.2 Å². The van der Waals surface area contributed by atoms with Crippen molar-refractivity contribution in [3.63, 3.8) is 0 Å². The van der Waals surface area contributed by atoms with Crippen LogP contribution in [0.25, 0.3) is 0 Å². The molecule has 0 amide bonds. The molecule has 0 aliphatic carbocycles. The molecule has 3 rings (SSSR count). The van der Waals surface area contributed by atoms with Gasteiger partial charge in [0.1, 0.15) is 5.82 Å². The highest BCUT2D eigenvalue weighted by Gasteiger charge is 2.34. The van der Waals surface area contributed by atoms with Crippen LogP contribution >= 0.6 is 24.0 Å². The predicted octanol–water partition coefficient (Wildman–Crippen LogP) is 4.75. The number of nitrogens with zero attached hydrogens (tertiary/aromatic N) is 2. The van der Waals surface area contributed by atoms with Crippen LogP contribution in [0.15, 0.2) is 39.8 Å². The van der Waals surface area contributed by atoms with Gasteiger partial charge in [-0.2, -0.15) is 0 Å². The van der Waals surface area contributed by atoms with Crippen molar-refractivity contribution in [3.8, 4) is 0 Å². The molecule has 0 unspecified atom stereocenters. The first kappa shape index (κ1) is 25.6.